The van der Waals surface area contributed by atoms with Crippen LogP contribution in [0.25, 0.3) is 0 Å². The van der Waals surface area contributed by atoms with Crippen LogP contribution in [0, 0.1) is 5.92 Å². The Kier molecular flexibility index (Phi) is 11.7. The zero-order chi connectivity index (χ0) is 18.1. The summed E-state index contributed by atoms with van der Waals surface area (Å²) < 4.78 is 5.49. The zero-order valence-corrected chi connectivity index (χ0v) is 19.6. The lowest BCUT2D eigenvalue weighted by Crippen LogP contribution is -2.52. The Morgan fingerprint density at radius 1 is 1.31 bits per heavy atom. The van der Waals surface area contributed by atoms with Crippen LogP contribution >= 0.6 is 35.3 Å². The monoisotopic (exact) mass is 495 g/mol. The summed E-state index contributed by atoms with van der Waals surface area (Å²) >= 11 is 1.72. The summed E-state index contributed by atoms with van der Waals surface area (Å²) in [5.41, 5.74) is 1.05. The van der Waals surface area contributed by atoms with Crippen LogP contribution in [-0.4, -0.2) is 61.3 Å². The van der Waals surface area contributed by atoms with E-state index in [4.69, 9.17) is 9.73 Å². The van der Waals surface area contributed by atoms with Gasteiger partial charge in [0, 0.05) is 37.6 Å². The summed E-state index contributed by atoms with van der Waals surface area (Å²) in [7, 11) is 0. The molecule has 2 rings (SSSR count). The molecule has 1 aromatic heterocycles. The van der Waals surface area contributed by atoms with E-state index in [9.17, 15) is 0 Å². The zero-order valence-electron chi connectivity index (χ0n) is 16.5. The van der Waals surface area contributed by atoms with Crippen LogP contribution in [0.15, 0.2) is 10.4 Å². The molecule has 0 spiro atoms. The molecule has 0 aromatic carbocycles. The third-order valence-corrected chi connectivity index (χ3v) is 5.45. The quantitative estimate of drug-likeness (QED) is 0.330. The normalized spacial score (nSPS) is 17.0. The van der Waals surface area contributed by atoms with Crippen LogP contribution < -0.4 is 10.6 Å². The highest BCUT2D eigenvalue weighted by Crippen LogP contribution is 2.13. The van der Waals surface area contributed by atoms with E-state index >= 15 is 0 Å². The maximum atomic E-state index is 5.49. The number of nitrogens with zero attached hydrogens (tertiary/aromatic N) is 3. The largest absolute Gasteiger partial charge is 0.379 e. The number of aliphatic imine (C=N–C) groups is 1. The molecule has 0 amide bonds. The van der Waals surface area contributed by atoms with Gasteiger partial charge in [0.25, 0.3) is 0 Å². The lowest BCUT2D eigenvalue weighted by atomic mass is 10.0. The number of morpholine rings is 1. The number of nitrogens with one attached hydrogen (secondary N) is 2. The molecule has 6 nitrogen and oxygen atoms in total. The van der Waals surface area contributed by atoms with Crippen LogP contribution in [0.2, 0.25) is 0 Å². The third kappa shape index (κ3) is 7.66. The molecule has 1 saturated heterocycles. The van der Waals surface area contributed by atoms with Crippen molar-refractivity contribution in [3.63, 3.8) is 0 Å². The van der Waals surface area contributed by atoms with E-state index < -0.39 is 0 Å². The van der Waals surface area contributed by atoms with E-state index in [-0.39, 0.29) is 24.0 Å². The van der Waals surface area contributed by atoms with Crippen LogP contribution in [0.4, 0.5) is 0 Å². The molecule has 1 fully saturated rings. The number of thiazole rings is 1. The third-order valence-electron chi connectivity index (χ3n) is 4.41. The van der Waals surface area contributed by atoms with Crippen LogP contribution in [0.3, 0.4) is 0 Å². The van der Waals surface area contributed by atoms with Gasteiger partial charge in [-0.25, -0.2) is 9.98 Å². The molecule has 26 heavy (non-hydrogen) atoms. The van der Waals surface area contributed by atoms with E-state index in [1.807, 2.05) is 0 Å². The molecule has 1 atom stereocenters. The minimum Gasteiger partial charge on any atom is -0.379 e. The van der Waals surface area contributed by atoms with Gasteiger partial charge in [0.2, 0.25) is 0 Å². The standard InChI is InChI=1S/C18H33N5OS.HI/c1-5-17-22-15(13-25-17)11-20-18(19-6-2)21-12-16(14(3)4)23-7-9-24-10-8-23;/h13-14,16H,5-12H2,1-4H3,(H2,19,20,21);1H. The highest BCUT2D eigenvalue weighted by Gasteiger charge is 2.23. The second-order valence-electron chi connectivity index (χ2n) is 6.62. The number of aryl methyl sites for hydroxylation is 1. The predicted molar refractivity (Wildman–Crippen MR) is 121 cm³/mol. The van der Waals surface area contributed by atoms with Crippen molar-refractivity contribution < 1.29 is 4.74 Å². The first-order valence-corrected chi connectivity index (χ1v) is 10.3. The van der Waals surface area contributed by atoms with Crippen molar-refractivity contribution in [2.24, 2.45) is 10.9 Å². The first-order valence-electron chi connectivity index (χ1n) is 9.41. The van der Waals surface area contributed by atoms with Crippen molar-refractivity contribution in [1.29, 1.82) is 0 Å². The average Bonchev–Trinajstić information content (AvgIpc) is 3.08. The van der Waals surface area contributed by atoms with Gasteiger partial charge < -0.3 is 15.4 Å². The van der Waals surface area contributed by atoms with Gasteiger partial charge in [0.05, 0.1) is 30.5 Å². The summed E-state index contributed by atoms with van der Waals surface area (Å²) in [6.07, 6.45) is 0.988. The number of ether oxygens (including phenoxy) is 1. The van der Waals surface area contributed by atoms with Crippen LogP contribution in [-0.2, 0) is 17.7 Å². The van der Waals surface area contributed by atoms with Gasteiger partial charge in [-0.3, -0.25) is 4.90 Å². The molecular formula is C18H34IN5OS. The first-order chi connectivity index (χ1) is 12.1. The number of rotatable bonds is 8. The van der Waals surface area contributed by atoms with E-state index in [1.165, 1.54) is 5.01 Å². The summed E-state index contributed by atoms with van der Waals surface area (Å²) in [5, 5.41) is 10.1. The molecule has 1 aliphatic heterocycles. The highest BCUT2D eigenvalue weighted by molar-refractivity contribution is 14.0. The van der Waals surface area contributed by atoms with E-state index in [0.717, 1.165) is 57.5 Å². The molecule has 0 bridgehead atoms. The fourth-order valence-corrected chi connectivity index (χ4v) is 3.72. The molecule has 1 aliphatic rings. The molecule has 8 heteroatoms. The topological polar surface area (TPSA) is 61.8 Å². The average molecular weight is 495 g/mol. The van der Waals surface area contributed by atoms with Crippen molar-refractivity contribution in [2.45, 2.75) is 46.7 Å². The van der Waals surface area contributed by atoms with E-state index in [2.05, 4.69) is 53.6 Å². The Morgan fingerprint density at radius 2 is 2.04 bits per heavy atom. The second-order valence-corrected chi connectivity index (χ2v) is 7.56. The molecule has 1 unspecified atom stereocenters. The molecule has 0 radical (unpaired) electrons. The van der Waals surface area contributed by atoms with Crippen LogP contribution in [0.1, 0.15) is 38.4 Å². The van der Waals surface area contributed by atoms with Gasteiger partial charge in [-0.2, -0.15) is 0 Å². The maximum Gasteiger partial charge on any atom is 0.191 e. The Balaban J connectivity index is 0.00000338. The minimum atomic E-state index is 0. The number of aromatic nitrogens is 1. The van der Waals surface area contributed by atoms with E-state index in [0.29, 0.717) is 18.5 Å². The Morgan fingerprint density at radius 3 is 2.62 bits per heavy atom. The Hall–Kier alpha value is -0.450. The molecule has 0 saturated carbocycles. The Bertz CT molecular complexity index is 531. The SMILES string of the molecule is CCNC(=NCc1csc(CC)n1)NCC(C(C)C)N1CCOCC1.I. The molecule has 2 N–H and O–H groups in total. The maximum absolute atomic E-state index is 5.49. The summed E-state index contributed by atoms with van der Waals surface area (Å²) in [6.45, 7) is 14.9. The molecule has 2 heterocycles. The van der Waals surface area contributed by atoms with Gasteiger partial charge in [-0.15, -0.1) is 35.3 Å². The molecule has 0 aliphatic carbocycles. The second kappa shape index (κ2) is 12.9. The minimum absolute atomic E-state index is 0. The Labute approximate surface area is 179 Å². The van der Waals surface area contributed by atoms with Crippen molar-refractivity contribution in [3.05, 3.63) is 16.1 Å². The predicted octanol–water partition coefficient (Wildman–Crippen LogP) is 2.74. The molecular weight excluding hydrogens is 461 g/mol. The smallest absolute Gasteiger partial charge is 0.191 e. The summed E-state index contributed by atoms with van der Waals surface area (Å²) in [6, 6.07) is 0.485. The van der Waals surface area contributed by atoms with Gasteiger partial charge in [0.1, 0.15) is 0 Å². The number of hydrogen-bond acceptors (Lipinski definition) is 5. The fourth-order valence-electron chi connectivity index (χ4n) is 2.98. The van der Waals surface area contributed by atoms with Crippen molar-refractivity contribution in [2.75, 3.05) is 39.4 Å². The molecule has 1 aromatic rings. The molecule has 150 valence electrons. The van der Waals surface area contributed by atoms with Crippen LogP contribution in [0.5, 0.6) is 0 Å². The lowest BCUT2D eigenvalue weighted by molar-refractivity contribution is 0.00752. The lowest BCUT2D eigenvalue weighted by Gasteiger charge is -2.37. The van der Waals surface area contributed by atoms with Crippen molar-refractivity contribution >= 4 is 41.3 Å². The highest BCUT2D eigenvalue weighted by atomic mass is 127. The number of halogens is 1. The first kappa shape index (κ1) is 23.6. The van der Waals surface area contributed by atoms with Gasteiger partial charge in [-0.1, -0.05) is 20.8 Å². The van der Waals surface area contributed by atoms with Crippen molar-refractivity contribution in [3.8, 4) is 0 Å². The van der Waals surface area contributed by atoms with Crippen molar-refractivity contribution in [1.82, 2.24) is 20.5 Å². The number of guanidine groups is 1. The fraction of sp³-hybridized carbons (Fsp3) is 0.778. The van der Waals surface area contributed by atoms with Gasteiger partial charge >= 0.3 is 0 Å². The van der Waals surface area contributed by atoms with E-state index in [1.54, 1.807) is 11.3 Å². The van der Waals surface area contributed by atoms with Gasteiger partial charge in [-0.05, 0) is 19.3 Å². The summed E-state index contributed by atoms with van der Waals surface area (Å²) in [5.74, 6) is 1.45. The summed E-state index contributed by atoms with van der Waals surface area (Å²) in [4.78, 5) is 11.8. The number of hydrogen-bond donors (Lipinski definition) is 2. The van der Waals surface area contributed by atoms with Gasteiger partial charge in [0.15, 0.2) is 5.96 Å².